The molecule has 1 heterocycles. The molecule has 2 nitrogen and oxygen atoms in total. The molecule has 0 bridgehead atoms. The van der Waals surface area contributed by atoms with E-state index in [-0.39, 0.29) is 6.04 Å². The van der Waals surface area contributed by atoms with Gasteiger partial charge in [-0.3, -0.25) is 11.3 Å². The van der Waals surface area contributed by atoms with Gasteiger partial charge in [0.15, 0.2) is 0 Å². The zero-order chi connectivity index (χ0) is 13.0. The van der Waals surface area contributed by atoms with Crippen molar-refractivity contribution in [3.63, 3.8) is 0 Å². The van der Waals surface area contributed by atoms with E-state index in [4.69, 9.17) is 17.4 Å². The summed E-state index contributed by atoms with van der Waals surface area (Å²) in [5, 5.41) is 1.37. The molecule has 3 N–H and O–H groups in total. The highest BCUT2D eigenvalue weighted by Crippen LogP contribution is 2.29. The topological polar surface area (TPSA) is 38.0 Å². The number of thioether (sulfide) groups is 2. The molecule has 1 fully saturated rings. The van der Waals surface area contributed by atoms with Crippen molar-refractivity contribution in [2.24, 2.45) is 5.84 Å². The summed E-state index contributed by atoms with van der Waals surface area (Å²) in [5.41, 5.74) is 4.11. The first-order chi connectivity index (χ1) is 8.70. The number of nitrogens with two attached hydrogens (primary N) is 1. The van der Waals surface area contributed by atoms with E-state index in [2.05, 4.69) is 27.4 Å². The smallest absolute Gasteiger partial charge is 0.0449 e. The van der Waals surface area contributed by atoms with E-state index in [0.29, 0.717) is 5.25 Å². The molecule has 0 spiro atoms. The Morgan fingerprint density at radius 2 is 2.33 bits per heavy atom. The lowest BCUT2D eigenvalue weighted by molar-refractivity contribution is 0.523. The summed E-state index contributed by atoms with van der Waals surface area (Å²) in [6.45, 7) is 0. The molecule has 1 saturated heterocycles. The van der Waals surface area contributed by atoms with Crippen LogP contribution in [-0.4, -0.2) is 28.6 Å². The molecule has 2 rings (SSSR count). The fraction of sp³-hybridized carbons (Fsp3) is 0.500. The Balaban J connectivity index is 2.04. The molecule has 1 aromatic carbocycles. The molecule has 1 aliphatic heterocycles. The van der Waals surface area contributed by atoms with Gasteiger partial charge in [-0.2, -0.15) is 23.5 Å². The van der Waals surface area contributed by atoms with Crippen molar-refractivity contribution in [3.05, 3.63) is 33.3 Å². The van der Waals surface area contributed by atoms with Crippen molar-refractivity contribution >= 4 is 51.1 Å². The second-order valence-corrected chi connectivity index (χ2v) is 8.02. The van der Waals surface area contributed by atoms with Gasteiger partial charge in [0.25, 0.3) is 0 Å². The number of halogens is 2. The summed E-state index contributed by atoms with van der Waals surface area (Å²) < 4.78 is 1.01. The van der Waals surface area contributed by atoms with Gasteiger partial charge in [0.2, 0.25) is 0 Å². The molecular formula is C12H16BrClN2S2. The second-order valence-electron chi connectivity index (χ2n) is 4.20. The maximum atomic E-state index is 6.26. The Hall–Kier alpha value is 0.610. The Morgan fingerprint density at radius 1 is 1.50 bits per heavy atom. The molecule has 0 aliphatic carbocycles. The van der Waals surface area contributed by atoms with Crippen LogP contribution >= 0.6 is 51.1 Å². The Labute approximate surface area is 130 Å². The molecule has 0 amide bonds. The molecule has 18 heavy (non-hydrogen) atoms. The van der Waals surface area contributed by atoms with Crippen LogP contribution in [0.15, 0.2) is 22.7 Å². The predicted molar refractivity (Wildman–Crippen MR) is 87.5 cm³/mol. The predicted octanol–water partition coefficient (Wildman–Crippen LogP) is 3.33. The highest BCUT2D eigenvalue weighted by atomic mass is 79.9. The number of benzene rings is 1. The molecular weight excluding hydrogens is 352 g/mol. The maximum absolute atomic E-state index is 6.26. The second kappa shape index (κ2) is 7.41. The average molecular weight is 368 g/mol. The van der Waals surface area contributed by atoms with Gasteiger partial charge in [-0.1, -0.05) is 33.6 Å². The van der Waals surface area contributed by atoms with Crippen molar-refractivity contribution in [2.75, 3.05) is 17.3 Å². The van der Waals surface area contributed by atoms with Crippen LogP contribution in [0.5, 0.6) is 0 Å². The quantitative estimate of drug-likeness (QED) is 0.632. The first-order valence-electron chi connectivity index (χ1n) is 5.80. The molecule has 1 aliphatic rings. The summed E-state index contributed by atoms with van der Waals surface area (Å²) >= 11 is 13.7. The third kappa shape index (κ3) is 4.05. The lowest BCUT2D eigenvalue weighted by Gasteiger charge is -2.29. The minimum Gasteiger partial charge on any atom is -0.271 e. The number of nitrogens with one attached hydrogen (secondary N) is 1. The van der Waals surface area contributed by atoms with Gasteiger partial charge in [-0.05, 0) is 24.1 Å². The van der Waals surface area contributed by atoms with Crippen LogP contribution in [0, 0.1) is 0 Å². The fourth-order valence-corrected chi connectivity index (χ4v) is 5.58. The molecule has 0 saturated carbocycles. The van der Waals surface area contributed by atoms with Crippen molar-refractivity contribution in [1.82, 2.24) is 5.43 Å². The van der Waals surface area contributed by atoms with E-state index in [1.165, 1.54) is 11.5 Å². The van der Waals surface area contributed by atoms with Gasteiger partial charge in [-0.25, -0.2) is 0 Å². The highest BCUT2D eigenvalue weighted by molar-refractivity contribution is 9.10. The van der Waals surface area contributed by atoms with E-state index in [1.54, 1.807) is 0 Å². The Morgan fingerprint density at radius 3 is 2.94 bits per heavy atom. The zero-order valence-electron chi connectivity index (χ0n) is 9.86. The van der Waals surface area contributed by atoms with Crippen molar-refractivity contribution < 1.29 is 0 Å². The van der Waals surface area contributed by atoms with Crippen LogP contribution in [0.25, 0.3) is 0 Å². The van der Waals surface area contributed by atoms with Gasteiger partial charge >= 0.3 is 0 Å². The van der Waals surface area contributed by atoms with Crippen LogP contribution in [0.1, 0.15) is 5.56 Å². The maximum Gasteiger partial charge on any atom is 0.0449 e. The van der Waals surface area contributed by atoms with Gasteiger partial charge in [0.05, 0.1) is 0 Å². The fourth-order valence-electron chi connectivity index (χ4n) is 1.96. The van der Waals surface area contributed by atoms with Gasteiger partial charge in [0.1, 0.15) is 0 Å². The van der Waals surface area contributed by atoms with Gasteiger partial charge < -0.3 is 0 Å². The summed E-state index contributed by atoms with van der Waals surface area (Å²) in [5.74, 6) is 9.32. The highest BCUT2D eigenvalue weighted by Gasteiger charge is 2.24. The minimum atomic E-state index is 0.279. The molecule has 100 valence electrons. The lowest BCUT2D eigenvalue weighted by Crippen LogP contribution is -2.46. The lowest BCUT2D eigenvalue weighted by atomic mass is 10.0. The summed E-state index contributed by atoms with van der Waals surface area (Å²) in [7, 11) is 0. The van der Waals surface area contributed by atoms with E-state index >= 15 is 0 Å². The molecule has 0 radical (unpaired) electrons. The van der Waals surface area contributed by atoms with Crippen LogP contribution in [0.3, 0.4) is 0 Å². The summed E-state index contributed by atoms with van der Waals surface area (Å²) in [4.78, 5) is 0. The van der Waals surface area contributed by atoms with Gasteiger partial charge in [-0.15, -0.1) is 0 Å². The van der Waals surface area contributed by atoms with Gasteiger partial charge in [0, 0.05) is 38.0 Å². The standard InChI is InChI=1S/C12H16BrClN2S2/c13-9-2-1-8(10(14)6-9)5-11(16-15)12-7-17-3-4-18-12/h1-2,6,11-12,16H,3-5,7,15H2. The van der Waals surface area contributed by atoms with E-state index in [1.807, 2.05) is 35.7 Å². The van der Waals surface area contributed by atoms with Crippen LogP contribution in [-0.2, 0) is 6.42 Å². The number of hydrogen-bond acceptors (Lipinski definition) is 4. The SMILES string of the molecule is NNC(Cc1ccc(Br)cc1Cl)C1CSCCS1. The zero-order valence-corrected chi connectivity index (χ0v) is 13.8. The largest absolute Gasteiger partial charge is 0.271 e. The molecule has 2 atom stereocenters. The minimum absolute atomic E-state index is 0.279. The summed E-state index contributed by atoms with van der Waals surface area (Å²) in [6.07, 6.45) is 0.876. The normalized spacial score (nSPS) is 21.8. The van der Waals surface area contributed by atoms with Crippen LogP contribution in [0.4, 0.5) is 0 Å². The third-order valence-corrected chi connectivity index (χ3v) is 6.72. The number of hydrogen-bond donors (Lipinski definition) is 2. The molecule has 1 aromatic rings. The molecule has 6 heteroatoms. The number of hydrazine groups is 1. The average Bonchev–Trinajstić information content (AvgIpc) is 2.39. The Bertz CT molecular complexity index is 400. The Kier molecular flexibility index (Phi) is 6.18. The van der Waals surface area contributed by atoms with Crippen molar-refractivity contribution in [3.8, 4) is 0 Å². The van der Waals surface area contributed by atoms with Crippen molar-refractivity contribution in [2.45, 2.75) is 17.7 Å². The molecule has 0 aromatic heterocycles. The van der Waals surface area contributed by atoms with E-state index in [9.17, 15) is 0 Å². The van der Waals surface area contributed by atoms with Crippen LogP contribution in [0.2, 0.25) is 5.02 Å². The first-order valence-corrected chi connectivity index (χ1v) is 9.17. The monoisotopic (exact) mass is 366 g/mol. The third-order valence-electron chi connectivity index (χ3n) is 2.96. The van der Waals surface area contributed by atoms with Crippen LogP contribution < -0.4 is 11.3 Å². The van der Waals surface area contributed by atoms with E-state index < -0.39 is 0 Å². The van der Waals surface area contributed by atoms with Crippen molar-refractivity contribution in [1.29, 1.82) is 0 Å². The first kappa shape index (κ1) is 15.0. The summed E-state index contributed by atoms with van der Waals surface area (Å²) in [6, 6.07) is 6.31. The van der Waals surface area contributed by atoms with E-state index in [0.717, 1.165) is 27.2 Å². The molecule has 2 unspecified atom stereocenters. The number of rotatable bonds is 4.